The average Bonchev–Trinajstić information content (AvgIpc) is 3.10. The number of hydrogen-bond acceptors (Lipinski definition) is 5. The lowest BCUT2D eigenvalue weighted by molar-refractivity contribution is 0.436. The van der Waals surface area contributed by atoms with Crippen LogP contribution in [0.3, 0.4) is 0 Å². The monoisotopic (exact) mass is 389 g/mol. The van der Waals surface area contributed by atoms with Crippen LogP contribution < -0.4 is 5.56 Å². The first-order chi connectivity index (χ1) is 13.5. The van der Waals surface area contributed by atoms with Gasteiger partial charge in [0.1, 0.15) is 0 Å². The predicted octanol–water partition coefficient (Wildman–Crippen LogP) is 4.83. The molecule has 2 aromatic carbocycles. The molecule has 4 rings (SSSR count). The normalized spacial score (nSPS) is 11.5. The van der Waals surface area contributed by atoms with Crippen molar-refractivity contribution in [1.82, 2.24) is 9.55 Å². The highest BCUT2D eigenvalue weighted by molar-refractivity contribution is 7.13. The topological polar surface area (TPSA) is 67.5 Å². The van der Waals surface area contributed by atoms with E-state index in [-0.39, 0.29) is 11.4 Å². The number of fused-ring (bicyclic) bond motifs is 1. The molecule has 6 heteroatoms. The Morgan fingerprint density at radius 1 is 1.07 bits per heavy atom. The van der Waals surface area contributed by atoms with Crippen molar-refractivity contribution in [3.8, 4) is 11.6 Å². The third kappa shape index (κ3) is 3.12. The molecule has 1 N–H and O–H groups in total. The van der Waals surface area contributed by atoms with Crippen molar-refractivity contribution >= 4 is 33.5 Å². The van der Waals surface area contributed by atoms with Crippen LogP contribution in [-0.4, -0.2) is 20.9 Å². The van der Waals surface area contributed by atoms with E-state index < -0.39 is 0 Å². The summed E-state index contributed by atoms with van der Waals surface area (Å²) in [6, 6.07) is 12.9. The van der Waals surface area contributed by atoms with Crippen molar-refractivity contribution in [3.63, 3.8) is 0 Å². The second-order valence-corrected chi connectivity index (χ2v) is 7.56. The van der Waals surface area contributed by atoms with Crippen LogP contribution in [0.2, 0.25) is 0 Å². The van der Waals surface area contributed by atoms with Gasteiger partial charge in [0.05, 0.1) is 16.9 Å². The van der Waals surface area contributed by atoms with E-state index in [1.165, 1.54) is 15.9 Å². The van der Waals surface area contributed by atoms with Gasteiger partial charge in [-0.3, -0.25) is 4.79 Å². The highest BCUT2D eigenvalue weighted by Gasteiger charge is 2.16. The SMILES string of the molecule is Cc1csc(/N=C/c2c(O)n(-c3ccc(C)c(C)c3)c(=O)c3ccccc23)n1. The molecular weight excluding hydrogens is 370 g/mol. The van der Waals surface area contributed by atoms with Crippen LogP contribution in [-0.2, 0) is 0 Å². The van der Waals surface area contributed by atoms with Crippen LogP contribution >= 0.6 is 11.3 Å². The van der Waals surface area contributed by atoms with Crippen molar-refractivity contribution in [2.24, 2.45) is 4.99 Å². The number of aliphatic imine (C=N–C) groups is 1. The van der Waals surface area contributed by atoms with E-state index in [9.17, 15) is 9.90 Å². The highest BCUT2D eigenvalue weighted by Crippen LogP contribution is 2.27. The Bertz CT molecular complexity index is 1280. The van der Waals surface area contributed by atoms with Gasteiger partial charge in [-0.1, -0.05) is 24.3 Å². The third-order valence-electron chi connectivity index (χ3n) is 4.76. The molecule has 0 fully saturated rings. The van der Waals surface area contributed by atoms with Gasteiger partial charge in [0.2, 0.25) is 11.0 Å². The van der Waals surface area contributed by atoms with Crippen LogP contribution in [0.15, 0.2) is 57.6 Å². The molecule has 0 aliphatic carbocycles. The van der Waals surface area contributed by atoms with Crippen molar-refractivity contribution in [1.29, 1.82) is 0 Å². The summed E-state index contributed by atoms with van der Waals surface area (Å²) in [5.41, 5.74) is 3.91. The molecule has 0 amide bonds. The summed E-state index contributed by atoms with van der Waals surface area (Å²) in [6.07, 6.45) is 1.58. The van der Waals surface area contributed by atoms with Gasteiger partial charge in [-0.15, -0.1) is 11.3 Å². The lowest BCUT2D eigenvalue weighted by Gasteiger charge is -2.14. The molecule has 0 saturated carbocycles. The maximum absolute atomic E-state index is 13.1. The lowest BCUT2D eigenvalue weighted by Crippen LogP contribution is -2.20. The molecule has 0 spiro atoms. The minimum absolute atomic E-state index is 0.135. The highest BCUT2D eigenvalue weighted by atomic mass is 32.1. The third-order valence-corrected chi connectivity index (χ3v) is 5.63. The second-order valence-electron chi connectivity index (χ2n) is 6.72. The van der Waals surface area contributed by atoms with E-state index in [2.05, 4.69) is 9.98 Å². The first kappa shape index (κ1) is 18.1. The summed E-state index contributed by atoms with van der Waals surface area (Å²) in [7, 11) is 0. The molecule has 0 bridgehead atoms. The number of hydrogen-bond donors (Lipinski definition) is 1. The Morgan fingerprint density at radius 2 is 1.82 bits per heavy atom. The molecule has 0 aliphatic rings. The van der Waals surface area contributed by atoms with Gasteiger partial charge >= 0.3 is 0 Å². The van der Waals surface area contributed by atoms with Crippen LogP contribution in [0.1, 0.15) is 22.4 Å². The van der Waals surface area contributed by atoms with Crippen LogP contribution in [0, 0.1) is 20.8 Å². The number of rotatable bonds is 3. The van der Waals surface area contributed by atoms with E-state index in [0.29, 0.717) is 27.2 Å². The molecular formula is C22H19N3O2S. The molecule has 2 aromatic heterocycles. The van der Waals surface area contributed by atoms with Crippen molar-refractivity contribution in [3.05, 3.63) is 80.6 Å². The smallest absolute Gasteiger partial charge is 0.265 e. The molecule has 5 nitrogen and oxygen atoms in total. The largest absolute Gasteiger partial charge is 0.494 e. The minimum atomic E-state index is -0.265. The molecule has 2 heterocycles. The number of nitrogens with zero attached hydrogens (tertiary/aromatic N) is 3. The zero-order valence-corrected chi connectivity index (χ0v) is 16.6. The van der Waals surface area contributed by atoms with Gasteiger partial charge < -0.3 is 5.11 Å². The Hall–Kier alpha value is -3.25. The standard InChI is InChI=1S/C22H19N3O2S/c1-13-8-9-16(10-14(13)2)25-20(26)18-7-5-4-6-17(18)19(21(25)27)11-23-22-24-15(3)12-28-22/h4-12,27H,1-3H3/b23-11+. The molecule has 140 valence electrons. The Kier molecular flexibility index (Phi) is 4.57. The van der Waals surface area contributed by atoms with E-state index in [1.807, 2.05) is 62.5 Å². The number of aromatic hydroxyl groups is 1. The molecule has 0 unspecified atom stereocenters. The number of aromatic nitrogens is 2. The zero-order valence-electron chi connectivity index (χ0n) is 15.8. The van der Waals surface area contributed by atoms with Gasteiger partial charge in [0.15, 0.2) is 0 Å². The van der Waals surface area contributed by atoms with Gasteiger partial charge in [0.25, 0.3) is 5.56 Å². The van der Waals surface area contributed by atoms with E-state index in [1.54, 1.807) is 12.3 Å². The maximum Gasteiger partial charge on any atom is 0.265 e. The molecule has 28 heavy (non-hydrogen) atoms. The summed E-state index contributed by atoms with van der Waals surface area (Å²) < 4.78 is 1.34. The maximum atomic E-state index is 13.1. The average molecular weight is 389 g/mol. The van der Waals surface area contributed by atoms with Gasteiger partial charge in [0, 0.05) is 22.4 Å². The Labute approximate surface area is 166 Å². The molecule has 4 aromatic rings. The zero-order chi connectivity index (χ0) is 19.8. The number of thiazole rings is 1. The molecule has 0 atom stereocenters. The summed E-state index contributed by atoms with van der Waals surface area (Å²) >= 11 is 1.43. The fraction of sp³-hybridized carbons (Fsp3) is 0.136. The van der Waals surface area contributed by atoms with Crippen molar-refractivity contribution in [2.75, 3.05) is 0 Å². The second kappa shape index (κ2) is 7.05. The van der Waals surface area contributed by atoms with Gasteiger partial charge in [-0.2, -0.15) is 0 Å². The number of aryl methyl sites for hydroxylation is 3. The fourth-order valence-electron chi connectivity index (χ4n) is 3.11. The fourth-order valence-corrected chi connectivity index (χ4v) is 3.75. The summed E-state index contributed by atoms with van der Waals surface area (Å²) in [5, 5.41) is 14.7. The Morgan fingerprint density at radius 3 is 2.50 bits per heavy atom. The molecule has 0 aliphatic heterocycles. The van der Waals surface area contributed by atoms with Crippen LogP contribution in [0.25, 0.3) is 16.5 Å². The van der Waals surface area contributed by atoms with Crippen molar-refractivity contribution < 1.29 is 5.11 Å². The van der Waals surface area contributed by atoms with E-state index in [0.717, 1.165) is 16.8 Å². The van der Waals surface area contributed by atoms with Crippen LogP contribution in [0.4, 0.5) is 5.13 Å². The van der Waals surface area contributed by atoms with E-state index in [4.69, 9.17) is 0 Å². The quantitative estimate of drug-likeness (QED) is 0.510. The first-order valence-electron chi connectivity index (χ1n) is 8.86. The predicted molar refractivity (Wildman–Crippen MR) is 115 cm³/mol. The summed E-state index contributed by atoms with van der Waals surface area (Å²) in [6.45, 7) is 5.90. The summed E-state index contributed by atoms with van der Waals surface area (Å²) in [5.74, 6) is -0.135. The number of benzene rings is 2. The lowest BCUT2D eigenvalue weighted by atomic mass is 10.1. The number of pyridine rings is 1. The molecule has 0 saturated heterocycles. The van der Waals surface area contributed by atoms with Gasteiger partial charge in [-0.25, -0.2) is 14.5 Å². The first-order valence-corrected chi connectivity index (χ1v) is 9.74. The summed E-state index contributed by atoms with van der Waals surface area (Å²) in [4.78, 5) is 21.9. The van der Waals surface area contributed by atoms with Crippen molar-refractivity contribution in [2.45, 2.75) is 20.8 Å². The van der Waals surface area contributed by atoms with Gasteiger partial charge in [-0.05, 0) is 50.1 Å². The molecule has 0 radical (unpaired) electrons. The van der Waals surface area contributed by atoms with Crippen LogP contribution in [0.5, 0.6) is 5.88 Å². The Balaban J connectivity index is 1.99. The van der Waals surface area contributed by atoms with E-state index >= 15 is 0 Å². The minimum Gasteiger partial charge on any atom is -0.494 e.